The summed E-state index contributed by atoms with van der Waals surface area (Å²) in [5, 5.41) is 0.519. The zero-order chi connectivity index (χ0) is 14.2. The summed E-state index contributed by atoms with van der Waals surface area (Å²) in [6.45, 7) is 0. The fourth-order valence-corrected chi connectivity index (χ4v) is 2.94. The SMILES string of the molecule is COC1=C(OC)C(=O)[C@H]2CC(Cl)=C[C@@H](OC)[C@H]2C1=O. The van der Waals surface area contributed by atoms with E-state index in [0.717, 1.165) is 0 Å². The van der Waals surface area contributed by atoms with Crippen molar-refractivity contribution >= 4 is 23.2 Å². The number of halogens is 1. The minimum Gasteiger partial charge on any atom is -0.490 e. The molecule has 2 aliphatic carbocycles. The number of ether oxygens (including phenoxy) is 3. The van der Waals surface area contributed by atoms with E-state index in [9.17, 15) is 9.59 Å². The number of carbonyl (C=O) groups is 2. The van der Waals surface area contributed by atoms with Crippen LogP contribution >= 0.6 is 11.6 Å². The second-order valence-electron chi connectivity index (χ2n) is 4.45. The standard InChI is InChI=1S/C13H15ClO5/c1-17-8-5-6(14)4-7-9(8)11(16)13(19-3)12(18-2)10(7)15/h5,7-9H,4H2,1-3H3/t7-,8+,9-/m0/s1. The van der Waals surface area contributed by atoms with E-state index in [0.29, 0.717) is 11.5 Å². The van der Waals surface area contributed by atoms with Crippen molar-refractivity contribution in [3.8, 4) is 0 Å². The van der Waals surface area contributed by atoms with Crippen LogP contribution in [-0.4, -0.2) is 39.0 Å². The molecule has 0 fully saturated rings. The molecule has 0 saturated carbocycles. The fourth-order valence-electron chi connectivity index (χ4n) is 2.65. The van der Waals surface area contributed by atoms with Gasteiger partial charge in [-0.3, -0.25) is 9.59 Å². The molecule has 3 atom stereocenters. The summed E-state index contributed by atoms with van der Waals surface area (Å²) in [5.74, 6) is -1.77. The van der Waals surface area contributed by atoms with Gasteiger partial charge in [0.05, 0.1) is 26.2 Å². The molecule has 2 rings (SSSR count). The summed E-state index contributed by atoms with van der Waals surface area (Å²) in [4.78, 5) is 24.8. The van der Waals surface area contributed by atoms with Gasteiger partial charge in [-0.25, -0.2) is 0 Å². The Kier molecular flexibility index (Phi) is 3.96. The van der Waals surface area contributed by atoms with Gasteiger partial charge in [0, 0.05) is 18.1 Å². The molecule has 0 N–H and O–H groups in total. The first-order valence-electron chi connectivity index (χ1n) is 5.84. The molecule has 0 aromatic rings. The number of ketones is 2. The number of Topliss-reactive ketones (excluding diaryl/α,β-unsaturated/α-hetero) is 2. The van der Waals surface area contributed by atoms with E-state index in [1.807, 2.05) is 0 Å². The van der Waals surface area contributed by atoms with Crippen LogP contribution in [-0.2, 0) is 23.8 Å². The van der Waals surface area contributed by atoms with Gasteiger partial charge in [0.2, 0.25) is 23.1 Å². The Hall–Kier alpha value is -1.33. The predicted octanol–water partition coefficient (Wildman–Crippen LogP) is 1.42. The van der Waals surface area contributed by atoms with Crippen molar-refractivity contribution in [3.63, 3.8) is 0 Å². The molecule has 0 bridgehead atoms. The van der Waals surface area contributed by atoms with E-state index in [4.69, 9.17) is 25.8 Å². The summed E-state index contributed by atoms with van der Waals surface area (Å²) in [7, 11) is 4.16. The van der Waals surface area contributed by atoms with E-state index < -0.39 is 17.9 Å². The molecule has 2 aliphatic rings. The first kappa shape index (κ1) is 14.1. The average molecular weight is 287 g/mol. The van der Waals surface area contributed by atoms with Crippen LogP contribution in [0, 0.1) is 11.8 Å². The van der Waals surface area contributed by atoms with Crippen molar-refractivity contribution in [2.45, 2.75) is 12.5 Å². The molecule has 0 spiro atoms. The Bertz CT molecular complexity index is 479. The van der Waals surface area contributed by atoms with Crippen molar-refractivity contribution in [2.24, 2.45) is 11.8 Å². The molecule has 19 heavy (non-hydrogen) atoms. The Morgan fingerprint density at radius 3 is 2.21 bits per heavy atom. The van der Waals surface area contributed by atoms with Crippen LogP contribution < -0.4 is 0 Å². The van der Waals surface area contributed by atoms with Crippen LogP contribution in [0.4, 0.5) is 0 Å². The number of methoxy groups -OCH3 is 3. The summed E-state index contributed by atoms with van der Waals surface area (Å²) < 4.78 is 15.3. The van der Waals surface area contributed by atoms with Crippen molar-refractivity contribution in [1.29, 1.82) is 0 Å². The minimum absolute atomic E-state index is 0.0324. The fraction of sp³-hybridized carbons (Fsp3) is 0.538. The molecule has 104 valence electrons. The van der Waals surface area contributed by atoms with Gasteiger partial charge in [-0.1, -0.05) is 11.6 Å². The highest BCUT2D eigenvalue weighted by Gasteiger charge is 2.50. The molecule has 6 heteroatoms. The monoisotopic (exact) mass is 286 g/mol. The van der Waals surface area contributed by atoms with Gasteiger partial charge >= 0.3 is 0 Å². The van der Waals surface area contributed by atoms with Gasteiger partial charge < -0.3 is 14.2 Å². The maximum absolute atomic E-state index is 12.4. The third-order valence-electron chi connectivity index (χ3n) is 3.52. The Morgan fingerprint density at radius 2 is 1.68 bits per heavy atom. The van der Waals surface area contributed by atoms with Crippen LogP contribution in [0.25, 0.3) is 0 Å². The zero-order valence-electron chi connectivity index (χ0n) is 10.9. The molecule has 0 radical (unpaired) electrons. The van der Waals surface area contributed by atoms with Crippen LogP contribution in [0.3, 0.4) is 0 Å². The van der Waals surface area contributed by atoms with Gasteiger partial charge in [0.25, 0.3) is 0 Å². The summed E-state index contributed by atoms with van der Waals surface area (Å²) in [6.07, 6.45) is 1.46. The third kappa shape index (κ3) is 2.17. The van der Waals surface area contributed by atoms with Crippen LogP contribution in [0.2, 0.25) is 0 Å². The molecule has 0 heterocycles. The van der Waals surface area contributed by atoms with Crippen molar-refractivity contribution in [2.75, 3.05) is 21.3 Å². The van der Waals surface area contributed by atoms with E-state index in [1.54, 1.807) is 6.08 Å². The van der Waals surface area contributed by atoms with Crippen LogP contribution in [0.5, 0.6) is 0 Å². The Morgan fingerprint density at radius 1 is 1.11 bits per heavy atom. The van der Waals surface area contributed by atoms with E-state index in [-0.39, 0.29) is 23.1 Å². The molecule has 5 nitrogen and oxygen atoms in total. The highest BCUT2D eigenvalue weighted by atomic mass is 35.5. The average Bonchev–Trinajstić information content (AvgIpc) is 2.41. The van der Waals surface area contributed by atoms with Gasteiger partial charge in [-0.15, -0.1) is 0 Å². The van der Waals surface area contributed by atoms with Crippen molar-refractivity contribution in [3.05, 3.63) is 22.6 Å². The summed E-state index contributed by atoms with van der Waals surface area (Å²) >= 11 is 6.01. The van der Waals surface area contributed by atoms with Gasteiger partial charge in [0.15, 0.2) is 0 Å². The van der Waals surface area contributed by atoms with Gasteiger partial charge in [0.1, 0.15) is 0 Å². The predicted molar refractivity (Wildman–Crippen MR) is 67.4 cm³/mol. The van der Waals surface area contributed by atoms with Crippen LogP contribution in [0.1, 0.15) is 6.42 Å². The normalized spacial score (nSPS) is 30.9. The first-order valence-corrected chi connectivity index (χ1v) is 6.22. The number of rotatable bonds is 3. The molecular weight excluding hydrogens is 272 g/mol. The smallest absolute Gasteiger partial charge is 0.208 e. The molecular formula is C13H15ClO5. The van der Waals surface area contributed by atoms with E-state index in [2.05, 4.69) is 0 Å². The summed E-state index contributed by atoms with van der Waals surface area (Å²) in [6, 6.07) is 0. The van der Waals surface area contributed by atoms with E-state index >= 15 is 0 Å². The molecule has 0 unspecified atom stereocenters. The van der Waals surface area contributed by atoms with Crippen molar-refractivity contribution in [1.82, 2.24) is 0 Å². The van der Waals surface area contributed by atoms with Crippen LogP contribution in [0.15, 0.2) is 22.6 Å². The number of fused-ring (bicyclic) bond motifs is 1. The number of hydrogen-bond acceptors (Lipinski definition) is 5. The highest BCUT2D eigenvalue weighted by Crippen LogP contribution is 2.41. The molecule has 0 aromatic carbocycles. The molecule has 0 amide bonds. The van der Waals surface area contributed by atoms with Gasteiger partial charge in [-0.05, 0) is 12.5 Å². The molecule has 0 aliphatic heterocycles. The second kappa shape index (κ2) is 5.35. The quantitative estimate of drug-likeness (QED) is 0.785. The third-order valence-corrected chi connectivity index (χ3v) is 3.80. The maximum atomic E-state index is 12.4. The number of hydrogen-bond donors (Lipinski definition) is 0. The van der Waals surface area contributed by atoms with Gasteiger partial charge in [-0.2, -0.15) is 0 Å². The Balaban J connectivity index is 2.50. The summed E-state index contributed by atoms with van der Waals surface area (Å²) in [5.41, 5.74) is 0. The second-order valence-corrected chi connectivity index (χ2v) is 4.93. The molecule has 0 aromatic heterocycles. The lowest BCUT2D eigenvalue weighted by Gasteiger charge is -2.36. The molecule has 0 saturated heterocycles. The number of allylic oxidation sites excluding steroid dienone is 3. The topological polar surface area (TPSA) is 61.8 Å². The largest absolute Gasteiger partial charge is 0.490 e. The Labute approximate surface area is 116 Å². The lowest BCUT2D eigenvalue weighted by molar-refractivity contribution is -0.140. The highest BCUT2D eigenvalue weighted by molar-refractivity contribution is 6.30. The van der Waals surface area contributed by atoms with E-state index in [1.165, 1.54) is 21.3 Å². The lowest BCUT2D eigenvalue weighted by Crippen LogP contribution is -2.46. The number of carbonyl (C=O) groups excluding carboxylic acids is 2. The first-order chi connectivity index (χ1) is 9.04. The van der Waals surface area contributed by atoms with Crippen molar-refractivity contribution < 1.29 is 23.8 Å². The minimum atomic E-state index is -0.603. The zero-order valence-corrected chi connectivity index (χ0v) is 11.7. The maximum Gasteiger partial charge on any atom is 0.208 e. The lowest BCUT2D eigenvalue weighted by atomic mass is 9.72.